The molecule has 0 bridgehead atoms. The van der Waals surface area contributed by atoms with Crippen LogP contribution in [0.2, 0.25) is 0 Å². The zero-order valence-electron chi connectivity index (χ0n) is 19.7. The van der Waals surface area contributed by atoms with Gasteiger partial charge in [-0.25, -0.2) is 8.42 Å². The number of sulfone groups is 1. The normalized spacial score (nSPS) is 12.1. The topological polar surface area (TPSA) is 106 Å². The summed E-state index contributed by atoms with van der Waals surface area (Å²) in [5.41, 5.74) is 9.48. The van der Waals surface area contributed by atoms with Crippen molar-refractivity contribution in [2.24, 2.45) is 5.73 Å². The summed E-state index contributed by atoms with van der Waals surface area (Å²) < 4.78 is 26.9. The molecule has 1 amide bonds. The van der Waals surface area contributed by atoms with Crippen LogP contribution in [0.25, 0.3) is 11.1 Å². The van der Waals surface area contributed by atoms with Gasteiger partial charge in [-0.15, -0.1) is 0 Å². The van der Waals surface area contributed by atoms with E-state index in [4.69, 9.17) is 5.73 Å². The van der Waals surface area contributed by atoms with E-state index in [1.807, 2.05) is 30.3 Å². The Morgan fingerprint density at radius 3 is 2.17 bits per heavy atom. The van der Waals surface area contributed by atoms with E-state index in [1.54, 1.807) is 54.6 Å². The van der Waals surface area contributed by atoms with Crippen molar-refractivity contribution in [3.05, 3.63) is 125 Å². The zero-order valence-corrected chi connectivity index (χ0v) is 20.5. The minimum absolute atomic E-state index is 0.0357. The number of hydrogen-bond donors (Lipinski definition) is 2. The van der Waals surface area contributed by atoms with Crippen LogP contribution in [-0.4, -0.2) is 20.1 Å². The molecule has 1 atom stereocenters. The maximum absolute atomic E-state index is 13.5. The number of ketones is 1. The van der Waals surface area contributed by atoms with Crippen LogP contribution in [0.1, 0.15) is 44.1 Å². The highest BCUT2D eigenvalue weighted by molar-refractivity contribution is 7.91. The van der Waals surface area contributed by atoms with Gasteiger partial charge in [0.05, 0.1) is 4.90 Å². The summed E-state index contributed by atoms with van der Waals surface area (Å²) in [5.74, 6) is -0.522. The molecule has 7 heteroatoms. The van der Waals surface area contributed by atoms with Crippen molar-refractivity contribution in [2.75, 3.05) is 0 Å². The van der Waals surface area contributed by atoms with Crippen LogP contribution >= 0.6 is 0 Å². The lowest BCUT2D eigenvalue weighted by Gasteiger charge is -2.19. The standard InChI is InChI=1S/C29H26N2O4S/c1-20(32)22-12-9-13-23(18-22)36(34,35)28(30)26-16-7-5-14-24(26)25-15-6-8-17-27(25)29(33)31-19-21-10-3-2-4-11-21/h2-18,28H,19,30H2,1H3,(H,31,33). The van der Waals surface area contributed by atoms with Gasteiger partial charge in [-0.05, 0) is 47.4 Å². The molecule has 0 saturated carbocycles. The quantitative estimate of drug-likeness (QED) is 0.336. The highest BCUT2D eigenvalue weighted by atomic mass is 32.2. The van der Waals surface area contributed by atoms with Gasteiger partial charge in [0.25, 0.3) is 5.91 Å². The molecule has 0 fully saturated rings. The number of rotatable bonds is 8. The van der Waals surface area contributed by atoms with Gasteiger partial charge < -0.3 is 11.1 Å². The first-order valence-electron chi connectivity index (χ1n) is 11.4. The lowest BCUT2D eigenvalue weighted by Crippen LogP contribution is -2.25. The maximum atomic E-state index is 13.5. The Labute approximate surface area is 210 Å². The summed E-state index contributed by atoms with van der Waals surface area (Å²) in [5, 5.41) is 1.52. The van der Waals surface area contributed by atoms with E-state index in [-0.39, 0.29) is 22.1 Å². The van der Waals surface area contributed by atoms with E-state index < -0.39 is 15.2 Å². The Kier molecular flexibility index (Phi) is 7.43. The van der Waals surface area contributed by atoms with Crippen molar-refractivity contribution in [2.45, 2.75) is 23.7 Å². The summed E-state index contributed by atoms with van der Waals surface area (Å²) in [6, 6.07) is 29.3. The summed E-state index contributed by atoms with van der Waals surface area (Å²) in [7, 11) is -4.03. The number of nitrogens with two attached hydrogens (primary N) is 1. The van der Waals surface area contributed by atoms with Crippen molar-refractivity contribution in [3.63, 3.8) is 0 Å². The van der Waals surface area contributed by atoms with Crippen LogP contribution < -0.4 is 11.1 Å². The van der Waals surface area contributed by atoms with Crippen LogP contribution in [0, 0.1) is 0 Å². The van der Waals surface area contributed by atoms with Gasteiger partial charge in [0, 0.05) is 17.7 Å². The molecular formula is C29H26N2O4S. The number of nitrogens with one attached hydrogen (secondary N) is 1. The highest BCUT2D eigenvalue weighted by Gasteiger charge is 2.29. The molecule has 0 aliphatic carbocycles. The van der Waals surface area contributed by atoms with Gasteiger partial charge in [0.1, 0.15) is 5.37 Å². The van der Waals surface area contributed by atoms with Crippen LogP contribution in [0.15, 0.2) is 108 Å². The van der Waals surface area contributed by atoms with E-state index in [0.717, 1.165) is 5.56 Å². The third-order valence-corrected chi connectivity index (χ3v) is 7.76. The largest absolute Gasteiger partial charge is 0.348 e. The number of hydrogen-bond acceptors (Lipinski definition) is 5. The third-order valence-electron chi connectivity index (χ3n) is 5.93. The maximum Gasteiger partial charge on any atom is 0.252 e. The summed E-state index contributed by atoms with van der Waals surface area (Å²) >= 11 is 0. The molecule has 3 N–H and O–H groups in total. The molecule has 1 unspecified atom stereocenters. The molecule has 4 aromatic carbocycles. The molecule has 0 radical (unpaired) electrons. The lowest BCUT2D eigenvalue weighted by atomic mass is 9.95. The van der Waals surface area contributed by atoms with E-state index >= 15 is 0 Å². The van der Waals surface area contributed by atoms with E-state index in [9.17, 15) is 18.0 Å². The van der Waals surface area contributed by atoms with Crippen molar-refractivity contribution >= 4 is 21.5 Å². The summed E-state index contributed by atoms with van der Waals surface area (Å²) in [6.45, 7) is 1.73. The molecule has 0 aromatic heterocycles. The highest BCUT2D eigenvalue weighted by Crippen LogP contribution is 2.34. The predicted octanol–water partition coefficient (Wildman–Crippen LogP) is 4.92. The zero-order chi connectivity index (χ0) is 25.7. The van der Waals surface area contributed by atoms with Crippen molar-refractivity contribution in [1.82, 2.24) is 5.32 Å². The van der Waals surface area contributed by atoms with Gasteiger partial charge in [-0.1, -0.05) is 84.9 Å². The van der Waals surface area contributed by atoms with E-state index in [1.165, 1.54) is 25.1 Å². The SMILES string of the molecule is CC(=O)c1cccc(S(=O)(=O)C(N)c2ccccc2-c2ccccc2C(=O)NCc2ccccc2)c1. The van der Waals surface area contributed by atoms with Gasteiger partial charge in [0.15, 0.2) is 15.6 Å². The van der Waals surface area contributed by atoms with Crippen LogP contribution in [0.3, 0.4) is 0 Å². The number of carbonyl (C=O) groups excluding carboxylic acids is 2. The Hall–Kier alpha value is -4.07. The van der Waals surface area contributed by atoms with Crippen LogP contribution in [0.4, 0.5) is 0 Å². The minimum Gasteiger partial charge on any atom is -0.348 e. The second-order valence-corrected chi connectivity index (χ2v) is 10.4. The number of Topliss-reactive ketones (excluding diaryl/α,β-unsaturated/α-hetero) is 1. The molecule has 4 rings (SSSR count). The molecule has 36 heavy (non-hydrogen) atoms. The summed E-state index contributed by atoms with van der Waals surface area (Å²) in [6.07, 6.45) is 0. The molecule has 0 spiro atoms. The fraction of sp³-hybridized carbons (Fsp3) is 0.103. The fourth-order valence-corrected chi connectivity index (χ4v) is 5.38. The number of amides is 1. The Balaban J connectivity index is 1.70. The van der Waals surface area contributed by atoms with Gasteiger partial charge in [-0.3, -0.25) is 9.59 Å². The molecule has 0 saturated heterocycles. The Bertz CT molecular complexity index is 1520. The minimum atomic E-state index is -4.03. The fourth-order valence-electron chi connectivity index (χ4n) is 3.99. The lowest BCUT2D eigenvalue weighted by molar-refractivity contribution is 0.0950. The van der Waals surface area contributed by atoms with Crippen molar-refractivity contribution in [1.29, 1.82) is 0 Å². The predicted molar refractivity (Wildman–Crippen MR) is 140 cm³/mol. The smallest absolute Gasteiger partial charge is 0.252 e. The number of carbonyl (C=O) groups is 2. The van der Waals surface area contributed by atoms with Crippen LogP contribution in [0.5, 0.6) is 0 Å². The van der Waals surface area contributed by atoms with Gasteiger partial charge >= 0.3 is 0 Å². The molecular weight excluding hydrogens is 472 g/mol. The average Bonchev–Trinajstić information content (AvgIpc) is 2.92. The molecule has 0 aliphatic rings. The monoisotopic (exact) mass is 498 g/mol. The second-order valence-electron chi connectivity index (χ2n) is 8.35. The first kappa shape index (κ1) is 25.0. The van der Waals surface area contributed by atoms with Crippen molar-refractivity contribution < 1.29 is 18.0 Å². The molecule has 0 heterocycles. The van der Waals surface area contributed by atoms with Crippen molar-refractivity contribution in [3.8, 4) is 11.1 Å². The van der Waals surface area contributed by atoms with E-state index in [0.29, 0.717) is 28.8 Å². The number of benzene rings is 4. The van der Waals surface area contributed by atoms with Gasteiger partial charge in [-0.2, -0.15) is 0 Å². The van der Waals surface area contributed by atoms with E-state index in [2.05, 4.69) is 5.32 Å². The Morgan fingerprint density at radius 1 is 0.806 bits per heavy atom. The first-order chi connectivity index (χ1) is 17.3. The first-order valence-corrected chi connectivity index (χ1v) is 12.9. The second kappa shape index (κ2) is 10.7. The summed E-state index contributed by atoms with van der Waals surface area (Å²) in [4.78, 5) is 24.9. The molecule has 4 aromatic rings. The van der Waals surface area contributed by atoms with Gasteiger partial charge in [0.2, 0.25) is 0 Å². The third kappa shape index (κ3) is 5.27. The molecule has 6 nitrogen and oxygen atoms in total. The average molecular weight is 499 g/mol. The van der Waals surface area contributed by atoms with Crippen LogP contribution in [-0.2, 0) is 16.4 Å². The molecule has 0 aliphatic heterocycles. The molecule has 182 valence electrons. The Morgan fingerprint density at radius 2 is 1.44 bits per heavy atom.